The van der Waals surface area contributed by atoms with Crippen molar-refractivity contribution in [2.24, 2.45) is 5.10 Å². The van der Waals surface area contributed by atoms with Crippen molar-refractivity contribution in [3.8, 4) is 0 Å². The lowest BCUT2D eigenvalue weighted by Gasteiger charge is -1.99. The molecule has 0 bridgehead atoms. The Morgan fingerprint density at radius 3 is 2.89 bits per heavy atom. The van der Waals surface area contributed by atoms with Crippen LogP contribution >= 0.6 is 11.6 Å². The third-order valence-corrected chi connectivity index (χ3v) is 2.43. The zero-order valence-corrected chi connectivity index (χ0v) is 9.82. The van der Waals surface area contributed by atoms with Gasteiger partial charge in [-0.05, 0) is 24.3 Å². The molecule has 2 aromatic rings. The number of rotatable bonds is 3. The summed E-state index contributed by atoms with van der Waals surface area (Å²) in [7, 11) is 0. The van der Waals surface area contributed by atoms with Crippen LogP contribution in [0.25, 0.3) is 0 Å². The number of carbonyl (C=O) groups is 1. The summed E-state index contributed by atoms with van der Waals surface area (Å²) in [5, 5.41) is 3.82. The van der Waals surface area contributed by atoms with Crippen LogP contribution in [-0.4, -0.2) is 12.1 Å². The van der Waals surface area contributed by atoms with Gasteiger partial charge in [-0.2, -0.15) is 5.10 Å². The van der Waals surface area contributed by atoms with Gasteiger partial charge in [0.2, 0.25) is 0 Å². The second-order valence-corrected chi connectivity index (χ2v) is 3.72. The van der Waals surface area contributed by atoms with Crippen molar-refractivity contribution in [1.29, 1.82) is 0 Å². The Labute approximate surface area is 107 Å². The number of nitrogens with zero attached hydrogens (tertiary/aromatic N) is 1. The minimum atomic E-state index is -0.524. The van der Waals surface area contributed by atoms with Crippen molar-refractivity contribution in [3.05, 3.63) is 58.8 Å². The molecule has 0 aliphatic carbocycles. The minimum Gasteiger partial charge on any atom is -0.459 e. The summed E-state index contributed by atoms with van der Waals surface area (Å²) in [4.78, 5) is 11.4. The molecular formula is C12H8ClFN2O2. The molecule has 1 aromatic heterocycles. The molecule has 0 saturated carbocycles. The summed E-state index contributed by atoms with van der Waals surface area (Å²) in [6.07, 6.45) is 2.50. The fourth-order valence-electron chi connectivity index (χ4n) is 1.25. The molecule has 0 aliphatic rings. The van der Waals surface area contributed by atoms with E-state index in [1.165, 1.54) is 30.5 Å². The molecule has 18 heavy (non-hydrogen) atoms. The Bertz CT molecular complexity index is 562. The lowest BCUT2D eigenvalue weighted by molar-refractivity contribution is 0.0927. The van der Waals surface area contributed by atoms with Crippen LogP contribution in [0.5, 0.6) is 0 Å². The SMILES string of the molecule is O=C(NN=Cc1c(F)cccc1Cl)c1ccco1. The van der Waals surface area contributed by atoms with Crippen LogP contribution in [0.1, 0.15) is 16.1 Å². The first-order chi connectivity index (χ1) is 8.68. The van der Waals surface area contributed by atoms with Crippen LogP contribution in [0.4, 0.5) is 4.39 Å². The molecule has 1 N–H and O–H groups in total. The van der Waals surface area contributed by atoms with Gasteiger partial charge >= 0.3 is 5.91 Å². The third kappa shape index (κ3) is 2.75. The molecule has 1 heterocycles. The quantitative estimate of drug-likeness (QED) is 0.686. The molecule has 0 radical (unpaired) electrons. The van der Waals surface area contributed by atoms with E-state index in [0.717, 1.165) is 6.21 Å². The van der Waals surface area contributed by atoms with Crippen LogP contribution in [0, 0.1) is 5.82 Å². The number of hydrazone groups is 1. The van der Waals surface area contributed by atoms with E-state index in [2.05, 4.69) is 10.5 Å². The summed E-state index contributed by atoms with van der Waals surface area (Å²) < 4.78 is 18.2. The number of halogens is 2. The zero-order valence-electron chi connectivity index (χ0n) is 9.06. The number of nitrogens with one attached hydrogen (secondary N) is 1. The summed E-state index contributed by atoms with van der Waals surface area (Å²) in [5.74, 6) is -0.922. The summed E-state index contributed by atoms with van der Waals surface area (Å²) in [6.45, 7) is 0. The van der Waals surface area contributed by atoms with E-state index >= 15 is 0 Å². The molecule has 0 saturated heterocycles. The number of hydrogen-bond acceptors (Lipinski definition) is 3. The van der Waals surface area contributed by atoms with Gasteiger partial charge in [-0.1, -0.05) is 17.7 Å². The van der Waals surface area contributed by atoms with Gasteiger partial charge in [0.25, 0.3) is 0 Å². The van der Waals surface area contributed by atoms with Crippen LogP contribution in [-0.2, 0) is 0 Å². The second-order valence-electron chi connectivity index (χ2n) is 3.31. The summed E-state index contributed by atoms with van der Waals surface area (Å²) in [5.41, 5.74) is 2.31. The molecule has 2 rings (SSSR count). The smallest absolute Gasteiger partial charge is 0.307 e. The van der Waals surface area contributed by atoms with Crippen LogP contribution in [0.15, 0.2) is 46.1 Å². The van der Waals surface area contributed by atoms with E-state index < -0.39 is 11.7 Å². The first-order valence-corrected chi connectivity index (χ1v) is 5.37. The molecule has 0 fully saturated rings. The maximum atomic E-state index is 13.3. The van der Waals surface area contributed by atoms with Crippen molar-refractivity contribution in [1.82, 2.24) is 5.43 Å². The van der Waals surface area contributed by atoms with Gasteiger partial charge < -0.3 is 4.42 Å². The van der Waals surface area contributed by atoms with Crippen LogP contribution in [0.2, 0.25) is 5.02 Å². The lowest BCUT2D eigenvalue weighted by Crippen LogP contribution is -2.16. The zero-order chi connectivity index (χ0) is 13.0. The first-order valence-electron chi connectivity index (χ1n) is 4.99. The predicted molar refractivity (Wildman–Crippen MR) is 65.2 cm³/mol. The van der Waals surface area contributed by atoms with Crippen molar-refractivity contribution in [2.45, 2.75) is 0 Å². The Hall–Kier alpha value is -2.14. The molecule has 4 nitrogen and oxygen atoms in total. The molecule has 0 aliphatic heterocycles. The molecule has 0 spiro atoms. The van der Waals surface area contributed by atoms with E-state index in [1.54, 1.807) is 6.07 Å². The second kappa shape index (κ2) is 5.46. The van der Waals surface area contributed by atoms with Crippen LogP contribution < -0.4 is 5.43 Å². The minimum absolute atomic E-state index is 0.110. The largest absolute Gasteiger partial charge is 0.459 e. The van der Waals surface area contributed by atoms with Gasteiger partial charge in [0.05, 0.1) is 17.5 Å². The van der Waals surface area contributed by atoms with Gasteiger partial charge in [0.1, 0.15) is 5.82 Å². The molecule has 6 heteroatoms. The number of carbonyl (C=O) groups excluding carboxylic acids is 1. The van der Waals surface area contributed by atoms with E-state index in [9.17, 15) is 9.18 Å². The number of furan rings is 1. The Kier molecular flexibility index (Phi) is 3.74. The molecular weight excluding hydrogens is 259 g/mol. The number of amides is 1. The normalized spacial score (nSPS) is 10.8. The maximum absolute atomic E-state index is 13.3. The third-order valence-electron chi connectivity index (χ3n) is 2.10. The van der Waals surface area contributed by atoms with Crippen molar-refractivity contribution in [2.75, 3.05) is 0 Å². The highest BCUT2D eigenvalue weighted by molar-refractivity contribution is 6.33. The average molecular weight is 267 g/mol. The predicted octanol–water partition coefficient (Wildman–Crippen LogP) is 2.84. The number of hydrogen-bond donors (Lipinski definition) is 1. The van der Waals surface area contributed by atoms with Crippen molar-refractivity contribution in [3.63, 3.8) is 0 Å². The molecule has 0 unspecified atom stereocenters. The molecule has 92 valence electrons. The van der Waals surface area contributed by atoms with E-state index in [4.69, 9.17) is 16.0 Å². The molecule has 1 aromatic carbocycles. The first kappa shape index (κ1) is 12.3. The highest BCUT2D eigenvalue weighted by atomic mass is 35.5. The standard InChI is InChI=1S/C12H8ClFN2O2/c13-9-3-1-4-10(14)8(9)7-15-16-12(17)11-5-2-6-18-11/h1-7H,(H,16,17). The van der Waals surface area contributed by atoms with Gasteiger partial charge in [-0.3, -0.25) is 4.79 Å². The van der Waals surface area contributed by atoms with E-state index in [-0.39, 0.29) is 16.3 Å². The van der Waals surface area contributed by atoms with Gasteiger partial charge in [0, 0.05) is 5.56 Å². The summed E-state index contributed by atoms with van der Waals surface area (Å²) >= 11 is 5.78. The van der Waals surface area contributed by atoms with E-state index in [1.807, 2.05) is 0 Å². The highest BCUT2D eigenvalue weighted by Gasteiger charge is 2.07. The lowest BCUT2D eigenvalue weighted by atomic mass is 10.2. The van der Waals surface area contributed by atoms with Crippen molar-refractivity contribution >= 4 is 23.7 Å². The van der Waals surface area contributed by atoms with E-state index in [0.29, 0.717) is 0 Å². The van der Waals surface area contributed by atoms with Gasteiger partial charge in [-0.15, -0.1) is 0 Å². The van der Waals surface area contributed by atoms with Crippen molar-refractivity contribution < 1.29 is 13.6 Å². The highest BCUT2D eigenvalue weighted by Crippen LogP contribution is 2.16. The topological polar surface area (TPSA) is 54.6 Å². The monoisotopic (exact) mass is 266 g/mol. The average Bonchev–Trinajstić information content (AvgIpc) is 2.86. The Morgan fingerprint density at radius 2 is 2.22 bits per heavy atom. The fourth-order valence-corrected chi connectivity index (χ4v) is 1.46. The Morgan fingerprint density at radius 1 is 1.39 bits per heavy atom. The summed E-state index contributed by atoms with van der Waals surface area (Å²) in [6, 6.07) is 7.33. The fraction of sp³-hybridized carbons (Fsp3) is 0. The van der Waals surface area contributed by atoms with Gasteiger partial charge in [-0.25, -0.2) is 9.82 Å². The maximum Gasteiger partial charge on any atom is 0.307 e. The molecule has 1 amide bonds. The Balaban J connectivity index is 2.06. The molecule has 0 atom stereocenters. The van der Waals surface area contributed by atoms with Gasteiger partial charge in [0.15, 0.2) is 5.76 Å². The number of benzene rings is 1. The van der Waals surface area contributed by atoms with Crippen LogP contribution in [0.3, 0.4) is 0 Å².